The number of carbonyl (C=O) groups is 3. The number of nitrogens with zero attached hydrogens (tertiary/aromatic N) is 2. The van der Waals surface area contributed by atoms with Crippen molar-refractivity contribution in [3.05, 3.63) is 66.0 Å². The molecule has 0 radical (unpaired) electrons. The first-order chi connectivity index (χ1) is 13.4. The summed E-state index contributed by atoms with van der Waals surface area (Å²) in [5.74, 6) is -1.92. The maximum absolute atomic E-state index is 12.4. The van der Waals surface area contributed by atoms with E-state index < -0.39 is 23.9 Å². The van der Waals surface area contributed by atoms with Crippen molar-refractivity contribution in [1.82, 2.24) is 15.3 Å². The minimum Gasteiger partial charge on any atom is -0.480 e. The van der Waals surface area contributed by atoms with Crippen LogP contribution in [-0.4, -0.2) is 39.0 Å². The highest BCUT2D eigenvalue weighted by Crippen LogP contribution is 2.13. The van der Waals surface area contributed by atoms with Gasteiger partial charge in [-0.05, 0) is 36.4 Å². The SMILES string of the molecule is CC(=O)Oc1ccc(C(=O)N[C@@H](Cc2cnc3ccccc3n2)C(=O)O)cc1. The molecule has 0 bridgehead atoms. The molecule has 142 valence electrons. The van der Waals surface area contributed by atoms with E-state index in [4.69, 9.17) is 4.74 Å². The summed E-state index contributed by atoms with van der Waals surface area (Å²) in [7, 11) is 0. The Morgan fingerprint density at radius 1 is 1.07 bits per heavy atom. The van der Waals surface area contributed by atoms with Crippen LogP contribution in [0, 0.1) is 0 Å². The summed E-state index contributed by atoms with van der Waals surface area (Å²) in [6.45, 7) is 1.27. The molecule has 0 aliphatic carbocycles. The van der Waals surface area contributed by atoms with E-state index in [9.17, 15) is 19.5 Å². The molecular weight excluding hydrogens is 362 g/mol. The lowest BCUT2D eigenvalue weighted by Crippen LogP contribution is -2.42. The molecule has 0 saturated carbocycles. The van der Waals surface area contributed by atoms with Crippen LogP contribution in [0.2, 0.25) is 0 Å². The summed E-state index contributed by atoms with van der Waals surface area (Å²) < 4.78 is 4.90. The van der Waals surface area contributed by atoms with Crippen molar-refractivity contribution >= 4 is 28.9 Å². The third-order valence-corrected chi connectivity index (χ3v) is 3.89. The van der Waals surface area contributed by atoms with Gasteiger partial charge in [0.05, 0.1) is 16.7 Å². The minimum absolute atomic E-state index is 0.00949. The number of carbonyl (C=O) groups excluding carboxylic acids is 2. The summed E-state index contributed by atoms with van der Waals surface area (Å²) in [5.41, 5.74) is 2.05. The lowest BCUT2D eigenvalue weighted by atomic mass is 10.1. The van der Waals surface area contributed by atoms with Gasteiger partial charge < -0.3 is 15.2 Å². The van der Waals surface area contributed by atoms with Gasteiger partial charge in [-0.2, -0.15) is 0 Å². The number of carboxylic acids is 1. The van der Waals surface area contributed by atoms with E-state index >= 15 is 0 Å². The highest BCUT2D eigenvalue weighted by molar-refractivity contribution is 5.96. The molecule has 2 aromatic carbocycles. The molecule has 1 atom stereocenters. The van der Waals surface area contributed by atoms with Crippen LogP contribution in [0.4, 0.5) is 0 Å². The molecule has 0 aliphatic heterocycles. The average Bonchev–Trinajstić information content (AvgIpc) is 2.67. The van der Waals surface area contributed by atoms with Gasteiger partial charge in [0.2, 0.25) is 0 Å². The highest BCUT2D eigenvalue weighted by atomic mass is 16.5. The van der Waals surface area contributed by atoms with Crippen LogP contribution in [-0.2, 0) is 16.0 Å². The third kappa shape index (κ3) is 4.67. The molecule has 3 aromatic rings. The second-order valence-corrected chi connectivity index (χ2v) is 6.04. The van der Waals surface area contributed by atoms with Crippen LogP contribution in [0.25, 0.3) is 11.0 Å². The number of fused-ring (bicyclic) bond motifs is 1. The molecule has 28 heavy (non-hydrogen) atoms. The van der Waals surface area contributed by atoms with Crippen LogP contribution < -0.4 is 10.1 Å². The van der Waals surface area contributed by atoms with Crippen LogP contribution in [0.5, 0.6) is 5.75 Å². The van der Waals surface area contributed by atoms with Gasteiger partial charge in [-0.25, -0.2) is 9.78 Å². The topological polar surface area (TPSA) is 118 Å². The smallest absolute Gasteiger partial charge is 0.326 e. The number of aliphatic carboxylic acids is 1. The Labute approximate surface area is 160 Å². The van der Waals surface area contributed by atoms with Crippen molar-refractivity contribution < 1.29 is 24.2 Å². The maximum atomic E-state index is 12.4. The summed E-state index contributed by atoms with van der Waals surface area (Å²) in [4.78, 5) is 43.5. The quantitative estimate of drug-likeness (QED) is 0.496. The van der Waals surface area contributed by atoms with Gasteiger partial charge >= 0.3 is 11.9 Å². The molecule has 0 fully saturated rings. The molecular formula is C20H17N3O5. The number of benzene rings is 2. The summed E-state index contributed by atoms with van der Waals surface area (Å²) in [6.07, 6.45) is 1.49. The molecule has 0 unspecified atom stereocenters. The molecule has 0 spiro atoms. The highest BCUT2D eigenvalue weighted by Gasteiger charge is 2.22. The maximum Gasteiger partial charge on any atom is 0.326 e. The number of nitrogens with one attached hydrogen (secondary N) is 1. The van der Waals surface area contributed by atoms with Gasteiger partial charge in [-0.3, -0.25) is 14.6 Å². The zero-order chi connectivity index (χ0) is 20.1. The Balaban J connectivity index is 1.72. The van der Waals surface area contributed by atoms with E-state index in [2.05, 4.69) is 15.3 Å². The van der Waals surface area contributed by atoms with E-state index in [0.717, 1.165) is 0 Å². The molecule has 1 aromatic heterocycles. The normalized spacial score (nSPS) is 11.6. The third-order valence-electron chi connectivity index (χ3n) is 3.89. The van der Waals surface area contributed by atoms with Crippen molar-refractivity contribution in [2.75, 3.05) is 0 Å². The minimum atomic E-state index is -1.18. The fourth-order valence-corrected chi connectivity index (χ4v) is 2.58. The van der Waals surface area contributed by atoms with Crippen LogP contribution in [0.15, 0.2) is 54.7 Å². The molecule has 8 heteroatoms. The fourth-order valence-electron chi connectivity index (χ4n) is 2.58. The van der Waals surface area contributed by atoms with Gasteiger partial charge in [0.15, 0.2) is 0 Å². The van der Waals surface area contributed by atoms with E-state index in [1.807, 2.05) is 18.2 Å². The Bertz CT molecular complexity index is 1030. The van der Waals surface area contributed by atoms with E-state index in [-0.39, 0.29) is 12.0 Å². The number of amides is 1. The van der Waals surface area contributed by atoms with E-state index in [1.165, 1.54) is 37.4 Å². The lowest BCUT2D eigenvalue weighted by Gasteiger charge is -2.14. The Hall–Kier alpha value is -3.81. The van der Waals surface area contributed by atoms with Crippen molar-refractivity contribution in [1.29, 1.82) is 0 Å². The lowest BCUT2D eigenvalue weighted by molar-refractivity contribution is -0.139. The number of rotatable bonds is 6. The predicted octanol–water partition coefficient (Wildman–Crippen LogP) is 1.98. The Morgan fingerprint density at radius 2 is 1.75 bits per heavy atom. The van der Waals surface area contributed by atoms with Crippen molar-refractivity contribution in [3.8, 4) is 5.75 Å². The summed E-state index contributed by atoms with van der Waals surface area (Å²) in [6, 6.07) is 11.9. The molecule has 1 heterocycles. The first-order valence-electron chi connectivity index (χ1n) is 8.45. The molecule has 1 amide bonds. The van der Waals surface area contributed by atoms with Crippen molar-refractivity contribution in [2.45, 2.75) is 19.4 Å². The number of para-hydroxylation sites is 2. The Kier molecular flexibility index (Phi) is 5.59. The number of carboxylic acid groups (broad SMARTS) is 1. The van der Waals surface area contributed by atoms with Crippen LogP contribution >= 0.6 is 0 Å². The van der Waals surface area contributed by atoms with Crippen LogP contribution in [0.3, 0.4) is 0 Å². The number of esters is 1. The number of ether oxygens (including phenoxy) is 1. The molecule has 0 saturated heterocycles. The summed E-state index contributed by atoms with van der Waals surface area (Å²) >= 11 is 0. The monoisotopic (exact) mass is 379 g/mol. The van der Waals surface area contributed by atoms with E-state index in [1.54, 1.807) is 6.07 Å². The number of hydrogen-bond acceptors (Lipinski definition) is 6. The fraction of sp³-hybridized carbons (Fsp3) is 0.150. The van der Waals surface area contributed by atoms with Gasteiger partial charge in [0.1, 0.15) is 11.8 Å². The molecule has 8 nitrogen and oxygen atoms in total. The number of aromatic nitrogens is 2. The molecule has 2 N–H and O–H groups in total. The zero-order valence-electron chi connectivity index (χ0n) is 15.0. The second kappa shape index (κ2) is 8.26. The summed E-state index contributed by atoms with van der Waals surface area (Å²) in [5, 5.41) is 11.9. The van der Waals surface area contributed by atoms with Crippen molar-refractivity contribution in [3.63, 3.8) is 0 Å². The standard InChI is InChI=1S/C20H17N3O5/c1-12(24)28-15-8-6-13(7-9-15)19(25)23-18(20(26)27)10-14-11-21-16-4-2-3-5-17(16)22-14/h2-9,11,18H,10H2,1H3,(H,23,25)(H,26,27)/t18-/m0/s1. The van der Waals surface area contributed by atoms with Gasteiger partial charge in [-0.1, -0.05) is 12.1 Å². The van der Waals surface area contributed by atoms with Crippen molar-refractivity contribution in [2.24, 2.45) is 0 Å². The average molecular weight is 379 g/mol. The second-order valence-electron chi connectivity index (χ2n) is 6.04. The molecule has 0 aliphatic rings. The Morgan fingerprint density at radius 3 is 2.39 bits per heavy atom. The first kappa shape index (κ1) is 19.0. The van der Waals surface area contributed by atoms with Gasteiger partial charge in [0, 0.05) is 25.1 Å². The van der Waals surface area contributed by atoms with Gasteiger partial charge in [-0.15, -0.1) is 0 Å². The van der Waals surface area contributed by atoms with Gasteiger partial charge in [0.25, 0.3) is 5.91 Å². The van der Waals surface area contributed by atoms with Crippen LogP contribution in [0.1, 0.15) is 23.0 Å². The number of hydrogen-bond donors (Lipinski definition) is 2. The zero-order valence-corrected chi connectivity index (χ0v) is 15.0. The molecule has 3 rings (SSSR count). The largest absolute Gasteiger partial charge is 0.480 e. The van der Waals surface area contributed by atoms with E-state index in [0.29, 0.717) is 22.5 Å². The first-order valence-corrected chi connectivity index (χ1v) is 8.45. The predicted molar refractivity (Wildman–Crippen MR) is 99.9 cm³/mol.